The third-order valence-electron chi connectivity index (χ3n) is 3.96. The summed E-state index contributed by atoms with van der Waals surface area (Å²) in [6.07, 6.45) is 0. The van der Waals surface area contributed by atoms with Gasteiger partial charge in [0.2, 0.25) is 0 Å². The molecular weight excluding hydrogens is 369 g/mol. The molecule has 0 saturated heterocycles. The molecule has 0 aliphatic rings. The van der Waals surface area contributed by atoms with Crippen LogP contribution in [0.5, 0.6) is 11.5 Å². The largest absolute Gasteiger partial charge is 0.505 e. The molecule has 2 N–H and O–H groups in total. The number of hydrogen-bond acceptors (Lipinski definition) is 3. The van der Waals surface area contributed by atoms with Gasteiger partial charge in [-0.05, 0) is 42.3 Å². The lowest BCUT2D eigenvalue weighted by Gasteiger charge is -2.10. The SMILES string of the molecule is Cc1ccc(COc2ccc(CNc3cc(Cl)c(O)c(Cl)c3)cc2)cc1. The summed E-state index contributed by atoms with van der Waals surface area (Å²) >= 11 is 11.8. The molecule has 26 heavy (non-hydrogen) atoms. The van der Waals surface area contributed by atoms with Crippen molar-refractivity contribution in [2.24, 2.45) is 0 Å². The quantitative estimate of drug-likeness (QED) is 0.494. The maximum absolute atomic E-state index is 9.59. The van der Waals surface area contributed by atoms with Crippen molar-refractivity contribution >= 4 is 28.9 Å². The monoisotopic (exact) mass is 387 g/mol. The van der Waals surface area contributed by atoms with E-state index in [-0.39, 0.29) is 15.8 Å². The van der Waals surface area contributed by atoms with Gasteiger partial charge in [-0.2, -0.15) is 0 Å². The molecule has 0 spiro atoms. The fourth-order valence-electron chi connectivity index (χ4n) is 2.43. The number of phenolic OH excluding ortho intramolecular Hbond substituents is 1. The smallest absolute Gasteiger partial charge is 0.152 e. The molecule has 134 valence electrons. The Labute approximate surface area is 163 Å². The molecule has 0 unspecified atom stereocenters. The number of anilines is 1. The molecule has 3 nitrogen and oxygen atoms in total. The Bertz CT molecular complexity index is 855. The van der Waals surface area contributed by atoms with Crippen LogP contribution in [0.3, 0.4) is 0 Å². The lowest BCUT2D eigenvalue weighted by Crippen LogP contribution is -2.00. The van der Waals surface area contributed by atoms with Crippen molar-refractivity contribution in [3.63, 3.8) is 0 Å². The van der Waals surface area contributed by atoms with Crippen LogP contribution in [0.2, 0.25) is 10.0 Å². The van der Waals surface area contributed by atoms with E-state index in [1.54, 1.807) is 12.1 Å². The van der Waals surface area contributed by atoms with Gasteiger partial charge in [0, 0.05) is 12.2 Å². The normalized spacial score (nSPS) is 10.6. The first-order chi connectivity index (χ1) is 12.5. The first-order valence-corrected chi connectivity index (χ1v) is 8.96. The van der Waals surface area contributed by atoms with Crippen molar-refractivity contribution in [3.8, 4) is 11.5 Å². The van der Waals surface area contributed by atoms with Gasteiger partial charge in [0.1, 0.15) is 12.4 Å². The van der Waals surface area contributed by atoms with Gasteiger partial charge in [-0.25, -0.2) is 0 Å². The third-order valence-corrected chi connectivity index (χ3v) is 4.54. The number of ether oxygens (including phenoxy) is 1. The van der Waals surface area contributed by atoms with E-state index in [0.717, 1.165) is 22.6 Å². The van der Waals surface area contributed by atoms with Crippen molar-refractivity contribution < 1.29 is 9.84 Å². The summed E-state index contributed by atoms with van der Waals surface area (Å²) in [4.78, 5) is 0. The summed E-state index contributed by atoms with van der Waals surface area (Å²) < 4.78 is 5.81. The van der Waals surface area contributed by atoms with Crippen molar-refractivity contribution in [2.75, 3.05) is 5.32 Å². The van der Waals surface area contributed by atoms with Gasteiger partial charge in [-0.3, -0.25) is 0 Å². The average Bonchev–Trinajstić information content (AvgIpc) is 2.64. The van der Waals surface area contributed by atoms with Crippen LogP contribution in [0.1, 0.15) is 16.7 Å². The molecule has 0 heterocycles. The molecule has 0 amide bonds. The number of phenols is 1. The second kappa shape index (κ2) is 8.35. The van der Waals surface area contributed by atoms with E-state index in [4.69, 9.17) is 27.9 Å². The Morgan fingerprint density at radius 3 is 2.08 bits per heavy atom. The predicted molar refractivity (Wildman–Crippen MR) is 107 cm³/mol. The number of halogens is 2. The standard InChI is InChI=1S/C21H19Cl2NO2/c1-14-2-4-16(5-3-14)13-26-18-8-6-15(7-9-18)12-24-17-10-19(22)21(25)20(23)11-17/h2-11,24-25H,12-13H2,1H3. The second-order valence-corrected chi connectivity index (χ2v) is 6.87. The van der Waals surface area contributed by atoms with Crippen molar-refractivity contribution in [2.45, 2.75) is 20.1 Å². The Kier molecular flexibility index (Phi) is 5.92. The highest BCUT2D eigenvalue weighted by Crippen LogP contribution is 2.34. The molecule has 3 aromatic carbocycles. The summed E-state index contributed by atoms with van der Waals surface area (Å²) in [5, 5.41) is 13.3. The number of aryl methyl sites for hydroxylation is 1. The summed E-state index contributed by atoms with van der Waals surface area (Å²) in [7, 11) is 0. The topological polar surface area (TPSA) is 41.5 Å². The molecule has 3 rings (SSSR count). The molecule has 3 aromatic rings. The molecule has 0 fully saturated rings. The maximum Gasteiger partial charge on any atom is 0.152 e. The molecule has 0 aliphatic carbocycles. The van der Waals surface area contributed by atoms with E-state index in [1.807, 2.05) is 24.3 Å². The van der Waals surface area contributed by atoms with E-state index in [2.05, 4.69) is 36.5 Å². The van der Waals surface area contributed by atoms with Crippen LogP contribution in [-0.2, 0) is 13.2 Å². The van der Waals surface area contributed by atoms with Gasteiger partial charge in [0.15, 0.2) is 5.75 Å². The van der Waals surface area contributed by atoms with Crippen LogP contribution in [0.15, 0.2) is 60.7 Å². The molecule has 0 atom stereocenters. The minimum atomic E-state index is -0.103. The van der Waals surface area contributed by atoms with Crippen molar-refractivity contribution in [3.05, 3.63) is 87.4 Å². The van der Waals surface area contributed by atoms with Crippen molar-refractivity contribution in [1.29, 1.82) is 0 Å². The van der Waals surface area contributed by atoms with E-state index in [9.17, 15) is 5.11 Å². The van der Waals surface area contributed by atoms with Gasteiger partial charge in [-0.1, -0.05) is 65.2 Å². The van der Waals surface area contributed by atoms with Crippen LogP contribution in [-0.4, -0.2) is 5.11 Å². The van der Waals surface area contributed by atoms with Gasteiger partial charge in [0.25, 0.3) is 0 Å². The number of rotatable bonds is 6. The highest BCUT2D eigenvalue weighted by molar-refractivity contribution is 6.37. The minimum Gasteiger partial charge on any atom is -0.505 e. The number of hydrogen-bond donors (Lipinski definition) is 2. The molecule has 0 radical (unpaired) electrons. The van der Waals surface area contributed by atoms with Crippen LogP contribution in [0.4, 0.5) is 5.69 Å². The Hall–Kier alpha value is -2.36. The van der Waals surface area contributed by atoms with E-state index in [1.165, 1.54) is 5.56 Å². The zero-order valence-corrected chi connectivity index (χ0v) is 15.8. The molecule has 0 saturated carbocycles. The predicted octanol–water partition coefficient (Wildman–Crippen LogP) is 6.20. The number of nitrogens with one attached hydrogen (secondary N) is 1. The highest BCUT2D eigenvalue weighted by Gasteiger charge is 2.06. The van der Waals surface area contributed by atoms with Gasteiger partial charge >= 0.3 is 0 Å². The first-order valence-electron chi connectivity index (χ1n) is 8.20. The lowest BCUT2D eigenvalue weighted by atomic mass is 10.2. The number of aromatic hydroxyl groups is 1. The van der Waals surface area contributed by atoms with Crippen molar-refractivity contribution in [1.82, 2.24) is 0 Å². The minimum absolute atomic E-state index is 0.103. The second-order valence-electron chi connectivity index (χ2n) is 6.06. The Morgan fingerprint density at radius 1 is 0.885 bits per heavy atom. The Morgan fingerprint density at radius 2 is 1.46 bits per heavy atom. The molecule has 5 heteroatoms. The molecule has 0 aromatic heterocycles. The van der Waals surface area contributed by atoms with Crippen LogP contribution in [0, 0.1) is 6.92 Å². The molecule has 0 bridgehead atoms. The van der Waals surface area contributed by atoms with Gasteiger partial charge in [-0.15, -0.1) is 0 Å². The highest BCUT2D eigenvalue weighted by atomic mass is 35.5. The third kappa shape index (κ3) is 4.84. The summed E-state index contributed by atoms with van der Waals surface area (Å²) in [6.45, 7) is 3.22. The van der Waals surface area contributed by atoms with E-state index < -0.39 is 0 Å². The summed E-state index contributed by atoms with van der Waals surface area (Å²) in [5.41, 5.74) is 4.22. The van der Waals surface area contributed by atoms with E-state index >= 15 is 0 Å². The van der Waals surface area contributed by atoms with Crippen LogP contribution >= 0.6 is 23.2 Å². The maximum atomic E-state index is 9.59. The summed E-state index contributed by atoms with van der Waals surface area (Å²) in [6, 6.07) is 19.5. The first kappa shape index (κ1) is 18.4. The number of benzene rings is 3. The molecular formula is C21H19Cl2NO2. The zero-order chi connectivity index (χ0) is 18.5. The van der Waals surface area contributed by atoms with Gasteiger partial charge in [0.05, 0.1) is 10.0 Å². The summed E-state index contributed by atoms with van der Waals surface area (Å²) in [5.74, 6) is 0.721. The Balaban J connectivity index is 1.55. The van der Waals surface area contributed by atoms with E-state index in [0.29, 0.717) is 13.2 Å². The fourth-order valence-corrected chi connectivity index (χ4v) is 2.91. The lowest BCUT2D eigenvalue weighted by molar-refractivity contribution is 0.306. The molecule has 0 aliphatic heterocycles. The van der Waals surface area contributed by atoms with Crippen LogP contribution in [0.25, 0.3) is 0 Å². The zero-order valence-electron chi connectivity index (χ0n) is 14.3. The van der Waals surface area contributed by atoms with Gasteiger partial charge < -0.3 is 15.2 Å². The average molecular weight is 388 g/mol. The fraction of sp³-hybridized carbons (Fsp3) is 0.143. The van der Waals surface area contributed by atoms with Crippen LogP contribution < -0.4 is 10.1 Å².